The zero-order chi connectivity index (χ0) is 12.7. The van der Waals surface area contributed by atoms with E-state index in [0.29, 0.717) is 28.7 Å². The van der Waals surface area contributed by atoms with E-state index in [1.54, 1.807) is 31.0 Å². The summed E-state index contributed by atoms with van der Waals surface area (Å²) in [6.45, 7) is 2.17. The lowest BCUT2D eigenvalue weighted by molar-refractivity contribution is 0.101. The van der Waals surface area contributed by atoms with E-state index >= 15 is 0 Å². The number of methoxy groups -OCH3 is 1. The van der Waals surface area contributed by atoms with Crippen molar-refractivity contribution in [3.05, 3.63) is 29.8 Å². The molecule has 1 unspecified atom stereocenters. The van der Waals surface area contributed by atoms with E-state index in [1.165, 1.54) is 0 Å². The summed E-state index contributed by atoms with van der Waals surface area (Å²) in [5.74, 6) is 1.10. The van der Waals surface area contributed by atoms with Gasteiger partial charge >= 0.3 is 0 Å². The van der Waals surface area contributed by atoms with Gasteiger partial charge in [0.2, 0.25) is 0 Å². The maximum atomic E-state index is 12.0. The fourth-order valence-corrected chi connectivity index (χ4v) is 2.30. The predicted molar refractivity (Wildman–Crippen MR) is 70.9 cm³/mol. The van der Waals surface area contributed by atoms with Crippen molar-refractivity contribution >= 4 is 17.5 Å². The number of aliphatic hydroxyl groups excluding tert-OH is 1. The number of ketones is 1. The Balaban J connectivity index is 2.58. The van der Waals surface area contributed by atoms with E-state index < -0.39 is 0 Å². The minimum atomic E-state index is 0.0669. The second-order valence-corrected chi connectivity index (χ2v) is 5.18. The highest BCUT2D eigenvalue weighted by Crippen LogP contribution is 2.21. The Morgan fingerprint density at radius 1 is 1.47 bits per heavy atom. The molecule has 0 fully saturated rings. The highest BCUT2D eigenvalue weighted by molar-refractivity contribution is 8.00. The molecule has 1 N–H and O–H groups in total. The standard InChI is InChI=1S/C13H18O3S/c1-10(7-8-14)17-9-12(15)11-5-3-4-6-13(11)16-2/h3-6,10,14H,7-9H2,1-2H3. The van der Waals surface area contributed by atoms with Gasteiger partial charge in [-0.05, 0) is 18.6 Å². The van der Waals surface area contributed by atoms with Crippen LogP contribution in [0, 0.1) is 0 Å². The van der Waals surface area contributed by atoms with Crippen molar-refractivity contribution in [2.45, 2.75) is 18.6 Å². The second kappa shape index (κ2) is 7.35. The van der Waals surface area contributed by atoms with Gasteiger partial charge in [0.1, 0.15) is 5.75 Å². The molecule has 3 nitrogen and oxygen atoms in total. The molecule has 0 aliphatic carbocycles. The van der Waals surface area contributed by atoms with Crippen LogP contribution in [0.25, 0.3) is 0 Å². The van der Waals surface area contributed by atoms with Crippen molar-refractivity contribution < 1.29 is 14.6 Å². The number of benzene rings is 1. The Bertz CT molecular complexity index is 365. The molecule has 17 heavy (non-hydrogen) atoms. The Morgan fingerprint density at radius 3 is 2.82 bits per heavy atom. The van der Waals surface area contributed by atoms with E-state index in [-0.39, 0.29) is 12.4 Å². The lowest BCUT2D eigenvalue weighted by Gasteiger charge is -2.10. The molecule has 0 bridgehead atoms. The highest BCUT2D eigenvalue weighted by Gasteiger charge is 2.13. The number of carbonyl (C=O) groups is 1. The van der Waals surface area contributed by atoms with E-state index in [2.05, 4.69) is 0 Å². The largest absolute Gasteiger partial charge is 0.496 e. The minimum absolute atomic E-state index is 0.0669. The molecule has 1 aromatic rings. The van der Waals surface area contributed by atoms with Crippen molar-refractivity contribution in [3.63, 3.8) is 0 Å². The third-order valence-electron chi connectivity index (χ3n) is 2.44. The molecule has 94 valence electrons. The van der Waals surface area contributed by atoms with Crippen molar-refractivity contribution in [3.8, 4) is 5.75 Å². The summed E-state index contributed by atoms with van der Waals surface area (Å²) in [4.78, 5) is 12.0. The molecular weight excluding hydrogens is 236 g/mol. The summed E-state index contributed by atoms with van der Waals surface area (Å²) in [5, 5.41) is 9.07. The van der Waals surface area contributed by atoms with Crippen LogP contribution in [0.3, 0.4) is 0 Å². The van der Waals surface area contributed by atoms with Crippen molar-refractivity contribution in [1.29, 1.82) is 0 Å². The molecule has 0 aliphatic rings. The van der Waals surface area contributed by atoms with Gasteiger partial charge in [0.05, 0.1) is 18.4 Å². The van der Waals surface area contributed by atoms with Crippen LogP contribution >= 0.6 is 11.8 Å². The van der Waals surface area contributed by atoms with Crippen LogP contribution in [0.5, 0.6) is 5.75 Å². The minimum Gasteiger partial charge on any atom is -0.496 e. The lowest BCUT2D eigenvalue weighted by Crippen LogP contribution is -2.09. The lowest BCUT2D eigenvalue weighted by atomic mass is 10.1. The number of aliphatic hydroxyl groups is 1. The molecule has 0 spiro atoms. The van der Waals surface area contributed by atoms with Crippen molar-refractivity contribution in [1.82, 2.24) is 0 Å². The Morgan fingerprint density at radius 2 is 2.18 bits per heavy atom. The van der Waals surface area contributed by atoms with E-state index in [9.17, 15) is 4.79 Å². The first kappa shape index (κ1) is 14.1. The van der Waals surface area contributed by atoms with Gasteiger partial charge in [-0.2, -0.15) is 11.8 Å². The van der Waals surface area contributed by atoms with Crippen molar-refractivity contribution in [2.75, 3.05) is 19.5 Å². The van der Waals surface area contributed by atoms with Crippen molar-refractivity contribution in [2.24, 2.45) is 0 Å². The van der Waals surface area contributed by atoms with Gasteiger partial charge in [-0.3, -0.25) is 4.79 Å². The summed E-state index contributed by atoms with van der Waals surface area (Å²) in [6.07, 6.45) is 0.712. The molecule has 1 aromatic carbocycles. The smallest absolute Gasteiger partial charge is 0.176 e. The normalized spacial score (nSPS) is 12.2. The fourth-order valence-electron chi connectivity index (χ4n) is 1.44. The fraction of sp³-hybridized carbons (Fsp3) is 0.462. The van der Waals surface area contributed by atoms with Gasteiger partial charge in [0.15, 0.2) is 5.78 Å². The third kappa shape index (κ3) is 4.40. The molecular formula is C13H18O3S. The molecule has 0 amide bonds. The number of hydrogen-bond donors (Lipinski definition) is 1. The van der Waals surface area contributed by atoms with Crippen LogP contribution in [-0.4, -0.2) is 35.6 Å². The first-order chi connectivity index (χ1) is 8.19. The van der Waals surface area contributed by atoms with Crippen LogP contribution < -0.4 is 4.74 Å². The van der Waals surface area contributed by atoms with Crippen LogP contribution in [0.1, 0.15) is 23.7 Å². The third-order valence-corrected chi connectivity index (χ3v) is 3.68. The molecule has 4 heteroatoms. The number of Topliss-reactive ketones (excluding diaryl/α,β-unsaturated/α-hetero) is 1. The Hall–Kier alpha value is -1.00. The number of ether oxygens (including phenoxy) is 1. The zero-order valence-electron chi connectivity index (χ0n) is 10.2. The average molecular weight is 254 g/mol. The predicted octanol–water partition coefficient (Wildman–Crippen LogP) is 2.38. The van der Waals surface area contributed by atoms with Gasteiger partial charge in [-0.25, -0.2) is 0 Å². The summed E-state index contributed by atoms with van der Waals surface area (Å²) >= 11 is 1.56. The number of para-hydroxylation sites is 1. The monoisotopic (exact) mass is 254 g/mol. The zero-order valence-corrected chi connectivity index (χ0v) is 11.0. The summed E-state index contributed by atoms with van der Waals surface area (Å²) < 4.78 is 5.15. The summed E-state index contributed by atoms with van der Waals surface area (Å²) in [6, 6.07) is 7.24. The molecule has 0 aliphatic heterocycles. The van der Waals surface area contributed by atoms with E-state index in [4.69, 9.17) is 9.84 Å². The van der Waals surface area contributed by atoms with E-state index in [0.717, 1.165) is 0 Å². The van der Waals surface area contributed by atoms with Gasteiger partial charge < -0.3 is 9.84 Å². The number of carbonyl (C=O) groups excluding carboxylic acids is 1. The number of hydrogen-bond acceptors (Lipinski definition) is 4. The summed E-state index contributed by atoms with van der Waals surface area (Å²) in [7, 11) is 1.56. The first-order valence-corrected chi connectivity index (χ1v) is 6.62. The maximum Gasteiger partial charge on any atom is 0.176 e. The molecule has 0 saturated carbocycles. The Kier molecular flexibility index (Phi) is 6.08. The van der Waals surface area contributed by atoms with Gasteiger partial charge in [0.25, 0.3) is 0 Å². The molecule has 0 aromatic heterocycles. The van der Waals surface area contributed by atoms with Gasteiger partial charge in [-0.15, -0.1) is 0 Å². The maximum absolute atomic E-state index is 12.0. The molecule has 1 atom stereocenters. The van der Waals surface area contributed by atoms with Crippen LogP contribution in [0.2, 0.25) is 0 Å². The SMILES string of the molecule is COc1ccccc1C(=O)CSC(C)CCO. The van der Waals surface area contributed by atoms with Crippen LogP contribution in [0.15, 0.2) is 24.3 Å². The molecule has 0 heterocycles. The number of rotatable bonds is 7. The average Bonchev–Trinajstić information content (AvgIpc) is 2.36. The van der Waals surface area contributed by atoms with Gasteiger partial charge in [-0.1, -0.05) is 19.1 Å². The quantitative estimate of drug-likeness (QED) is 0.759. The van der Waals surface area contributed by atoms with E-state index in [1.807, 2.05) is 19.1 Å². The van der Waals surface area contributed by atoms with Crippen LogP contribution in [0.4, 0.5) is 0 Å². The highest BCUT2D eigenvalue weighted by atomic mass is 32.2. The topological polar surface area (TPSA) is 46.5 Å². The second-order valence-electron chi connectivity index (χ2n) is 3.76. The first-order valence-electron chi connectivity index (χ1n) is 5.57. The molecule has 0 radical (unpaired) electrons. The number of thioether (sulfide) groups is 1. The summed E-state index contributed by atoms with van der Waals surface area (Å²) in [5.41, 5.74) is 0.624. The molecule has 0 saturated heterocycles. The molecule has 1 rings (SSSR count). The Labute approximate surface area is 106 Å². The van der Waals surface area contributed by atoms with Crippen LogP contribution in [-0.2, 0) is 0 Å². The van der Waals surface area contributed by atoms with Gasteiger partial charge in [0, 0.05) is 11.9 Å².